The standard InChI is InChI=1S/C16H11F3N2O/c17-16(18,19)12-6-7-14-13(8-12)15(9-20-21-14)22-10-11-4-2-1-3-5-11/h1-9H,10H2. The zero-order valence-electron chi connectivity index (χ0n) is 11.3. The maximum Gasteiger partial charge on any atom is 0.416 e. The zero-order valence-corrected chi connectivity index (χ0v) is 11.3. The first kappa shape index (κ1) is 14.3. The molecule has 0 saturated carbocycles. The Labute approximate surface area is 124 Å². The minimum atomic E-state index is -4.41. The highest BCUT2D eigenvalue weighted by atomic mass is 19.4. The van der Waals surface area contributed by atoms with Crippen molar-refractivity contribution in [2.24, 2.45) is 0 Å². The van der Waals surface area contributed by atoms with Crippen molar-refractivity contribution in [1.29, 1.82) is 0 Å². The molecule has 3 rings (SSSR count). The molecule has 0 aliphatic rings. The van der Waals surface area contributed by atoms with Crippen molar-refractivity contribution < 1.29 is 17.9 Å². The second-order valence-electron chi connectivity index (χ2n) is 4.71. The fraction of sp³-hybridized carbons (Fsp3) is 0.125. The van der Waals surface area contributed by atoms with Crippen LogP contribution in [0.5, 0.6) is 5.75 Å². The predicted molar refractivity (Wildman–Crippen MR) is 75.3 cm³/mol. The van der Waals surface area contributed by atoms with E-state index in [0.29, 0.717) is 10.9 Å². The molecule has 0 amide bonds. The predicted octanol–water partition coefficient (Wildman–Crippen LogP) is 4.23. The third kappa shape index (κ3) is 3.00. The van der Waals surface area contributed by atoms with Crippen LogP contribution in [0.3, 0.4) is 0 Å². The van der Waals surface area contributed by atoms with Gasteiger partial charge in [-0.15, -0.1) is 0 Å². The van der Waals surface area contributed by atoms with Crippen molar-refractivity contribution in [2.75, 3.05) is 0 Å². The molecule has 6 heteroatoms. The van der Waals surface area contributed by atoms with E-state index in [2.05, 4.69) is 10.2 Å². The maximum atomic E-state index is 12.8. The van der Waals surface area contributed by atoms with Crippen LogP contribution in [0.1, 0.15) is 11.1 Å². The number of ether oxygens (including phenoxy) is 1. The quantitative estimate of drug-likeness (QED) is 0.726. The first-order valence-corrected chi connectivity index (χ1v) is 6.53. The largest absolute Gasteiger partial charge is 0.487 e. The first-order valence-electron chi connectivity index (χ1n) is 6.53. The molecule has 0 aliphatic heterocycles. The van der Waals surface area contributed by atoms with E-state index in [9.17, 15) is 13.2 Å². The van der Waals surface area contributed by atoms with Crippen molar-refractivity contribution in [3.63, 3.8) is 0 Å². The molecule has 1 aromatic heterocycles. The van der Waals surface area contributed by atoms with Crippen molar-refractivity contribution in [3.05, 3.63) is 65.9 Å². The molecule has 0 unspecified atom stereocenters. The van der Waals surface area contributed by atoms with Crippen LogP contribution >= 0.6 is 0 Å². The van der Waals surface area contributed by atoms with Crippen molar-refractivity contribution in [1.82, 2.24) is 10.2 Å². The molecule has 3 aromatic rings. The van der Waals surface area contributed by atoms with E-state index in [1.807, 2.05) is 30.3 Å². The van der Waals surface area contributed by atoms with Gasteiger partial charge in [-0.2, -0.15) is 23.4 Å². The summed E-state index contributed by atoms with van der Waals surface area (Å²) in [6.07, 6.45) is -3.08. The van der Waals surface area contributed by atoms with E-state index in [4.69, 9.17) is 4.74 Å². The highest BCUT2D eigenvalue weighted by molar-refractivity contribution is 5.84. The van der Waals surface area contributed by atoms with Crippen LogP contribution in [0.25, 0.3) is 10.9 Å². The summed E-state index contributed by atoms with van der Waals surface area (Å²) in [5.74, 6) is 0.278. The van der Waals surface area contributed by atoms with Gasteiger partial charge in [-0.25, -0.2) is 0 Å². The number of halogens is 3. The zero-order chi connectivity index (χ0) is 15.6. The number of aromatic nitrogens is 2. The number of hydrogen-bond donors (Lipinski definition) is 0. The van der Waals surface area contributed by atoms with Crippen LogP contribution in [-0.4, -0.2) is 10.2 Å². The third-order valence-electron chi connectivity index (χ3n) is 3.17. The van der Waals surface area contributed by atoms with Crippen LogP contribution < -0.4 is 4.74 Å². The number of fused-ring (bicyclic) bond motifs is 1. The summed E-state index contributed by atoms with van der Waals surface area (Å²) in [5, 5.41) is 7.88. The lowest BCUT2D eigenvalue weighted by atomic mass is 10.1. The van der Waals surface area contributed by atoms with Gasteiger partial charge in [-0.05, 0) is 23.8 Å². The van der Waals surface area contributed by atoms with Crippen molar-refractivity contribution in [2.45, 2.75) is 12.8 Å². The van der Waals surface area contributed by atoms with Crippen LogP contribution in [0.2, 0.25) is 0 Å². The molecule has 0 saturated heterocycles. The van der Waals surface area contributed by atoms with E-state index in [-0.39, 0.29) is 12.4 Å². The molecule has 112 valence electrons. The van der Waals surface area contributed by atoms with Gasteiger partial charge in [0.25, 0.3) is 0 Å². The molecule has 0 bridgehead atoms. The molecule has 0 fully saturated rings. The summed E-state index contributed by atoms with van der Waals surface area (Å²) in [7, 11) is 0. The summed E-state index contributed by atoms with van der Waals surface area (Å²) < 4.78 is 44.1. The lowest BCUT2D eigenvalue weighted by molar-refractivity contribution is -0.137. The molecule has 2 aromatic carbocycles. The summed E-state index contributed by atoms with van der Waals surface area (Å²) in [4.78, 5) is 0. The molecule has 22 heavy (non-hydrogen) atoms. The highest BCUT2D eigenvalue weighted by Crippen LogP contribution is 2.33. The Morgan fingerprint density at radius 2 is 1.77 bits per heavy atom. The number of alkyl halides is 3. The van der Waals surface area contributed by atoms with Gasteiger partial charge in [0.1, 0.15) is 12.4 Å². The van der Waals surface area contributed by atoms with Crippen LogP contribution in [-0.2, 0) is 12.8 Å². The van der Waals surface area contributed by atoms with Crippen LogP contribution in [0, 0.1) is 0 Å². The maximum absolute atomic E-state index is 12.8. The van der Waals surface area contributed by atoms with Gasteiger partial charge >= 0.3 is 6.18 Å². The first-order chi connectivity index (χ1) is 10.5. The monoisotopic (exact) mass is 304 g/mol. The minimum absolute atomic E-state index is 0.248. The Bertz CT molecular complexity index is 788. The van der Waals surface area contributed by atoms with Crippen molar-refractivity contribution in [3.8, 4) is 5.75 Å². The van der Waals surface area contributed by atoms with Gasteiger partial charge in [0, 0.05) is 5.39 Å². The van der Waals surface area contributed by atoms with Gasteiger partial charge in [-0.1, -0.05) is 30.3 Å². The molecule has 3 nitrogen and oxygen atoms in total. The molecule has 0 N–H and O–H groups in total. The highest BCUT2D eigenvalue weighted by Gasteiger charge is 2.30. The average Bonchev–Trinajstić information content (AvgIpc) is 2.52. The van der Waals surface area contributed by atoms with Gasteiger partial charge in [0.2, 0.25) is 0 Å². The lowest BCUT2D eigenvalue weighted by Crippen LogP contribution is -2.05. The van der Waals surface area contributed by atoms with Gasteiger partial charge in [-0.3, -0.25) is 0 Å². The van der Waals surface area contributed by atoms with E-state index >= 15 is 0 Å². The number of rotatable bonds is 3. The molecular formula is C16H11F3N2O. The van der Waals surface area contributed by atoms with E-state index in [1.54, 1.807) is 0 Å². The Kier molecular flexibility index (Phi) is 3.66. The smallest absolute Gasteiger partial charge is 0.416 e. The molecule has 0 atom stereocenters. The number of hydrogen-bond acceptors (Lipinski definition) is 3. The average molecular weight is 304 g/mol. The van der Waals surface area contributed by atoms with Gasteiger partial charge in [0.05, 0.1) is 17.3 Å². The van der Waals surface area contributed by atoms with Crippen molar-refractivity contribution >= 4 is 10.9 Å². The fourth-order valence-electron chi connectivity index (χ4n) is 2.06. The second-order valence-corrected chi connectivity index (χ2v) is 4.71. The summed E-state index contributed by atoms with van der Waals surface area (Å²) in [6, 6.07) is 12.7. The minimum Gasteiger partial charge on any atom is -0.487 e. The Morgan fingerprint density at radius 3 is 2.50 bits per heavy atom. The lowest BCUT2D eigenvalue weighted by Gasteiger charge is -2.11. The Morgan fingerprint density at radius 1 is 1.00 bits per heavy atom. The number of nitrogens with zero attached hydrogens (tertiary/aromatic N) is 2. The number of benzene rings is 2. The Hall–Kier alpha value is -2.63. The van der Waals surface area contributed by atoms with Gasteiger partial charge < -0.3 is 4.74 Å². The molecular weight excluding hydrogens is 293 g/mol. The summed E-state index contributed by atoms with van der Waals surface area (Å²) in [5.41, 5.74) is 0.538. The van der Waals surface area contributed by atoms with E-state index in [1.165, 1.54) is 12.3 Å². The molecule has 0 aliphatic carbocycles. The topological polar surface area (TPSA) is 35.0 Å². The molecule has 1 heterocycles. The Balaban J connectivity index is 1.95. The third-order valence-corrected chi connectivity index (χ3v) is 3.17. The summed E-state index contributed by atoms with van der Waals surface area (Å²) >= 11 is 0. The normalized spacial score (nSPS) is 11.6. The summed E-state index contributed by atoms with van der Waals surface area (Å²) in [6.45, 7) is 0.248. The second kappa shape index (κ2) is 5.63. The molecule has 0 spiro atoms. The SMILES string of the molecule is FC(F)(F)c1ccc2nncc(OCc3ccccc3)c2c1. The van der Waals surface area contributed by atoms with Crippen LogP contribution in [0.15, 0.2) is 54.7 Å². The molecule has 0 radical (unpaired) electrons. The van der Waals surface area contributed by atoms with Gasteiger partial charge in [0.15, 0.2) is 0 Å². The van der Waals surface area contributed by atoms with Crippen LogP contribution in [0.4, 0.5) is 13.2 Å². The van der Waals surface area contributed by atoms with E-state index in [0.717, 1.165) is 17.7 Å². The van der Waals surface area contributed by atoms with E-state index < -0.39 is 11.7 Å². The fourth-order valence-corrected chi connectivity index (χ4v) is 2.06.